The quantitative estimate of drug-likeness (QED) is 0.347. The van der Waals surface area contributed by atoms with Crippen LogP contribution in [0, 0.1) is 11.8 Å². The van der Waals surface area contributed by atoms with Crippen molar-refractivity contribution in [3.63, 3.8) is 0 Å². The number of hydrogen-bond donors (Lipinski definition) is 0. The van der Waals surface area contributed by atoms with Gasteiger partial charge < -0.3 is 0 Å². The van der Waals surface area contributed by atoms with Crippen molar-refractivity contribution in [3.05, 3.63) is 24.1 Å². The maximum absolute atomic E-state index is 14.1. The van der Waals surface area contributed by atoms with Crippen molar-refractivity contribution in [2.75, 3.05) is 11.5 Å². The highest BCUT2D eigenvalue weighted by Crippen LogP contribution is 2.30. The summed E-state index contributed by atoms with van der Waals surface area (Å²) in [6.45, 7) is 11.8. The van der Waals surface area contributed by atoms with E-state index in [0.717, 1.165) is 18.4 Å². The lowest BCUT2D eigenvalue weighted by molar-refractivity contribution is 0.359. The molecule has 0 saturated heterocycles. The molecule has 0 nitrogen and oxygen atoms in total. The minimum atomic E-state index is 0.0312. The van der Waals surface area contributed by atoms with E-state index in [0.29, 0.717) is 0 Å². The molecule has 106 valence electrons. The van der Waals surface area contributed by atoms with Crippen molar-refractivity contribution in [1.29, 1.82) is 0 Å². The third-order valence-electron chi connectivity index (χ3n) is 3.21. The van der Waals surface area contributed by atoms with Gasteiger partial charge in [-0.25, -0.2) is 4.39 Å². The minimum absolute atomic E-state index is 0.0312. The maximum Gasteiger partial charge on any atom is 0.102 e. The van der Waals surface area contributed by atoms with E-state index in [4.69, 9.17) is 0 Å². The number of halogens is 1. The summed E-state index contributed by atoms with van der Waals surface area (Å²) in [5, 5.41) is 0. The van der Waals surface area contributed by atoms with Gasteiger partial charge in [0, 0.05) is 5.92 Å². The van der Waals surface area contributed by atoms with Crippen molar-refractivity contribution in [2.45, 2.75) is 53.4 Å². The lowest BCUT2D eigenvalue weighted by atomic mass is 9.87. The van der Waals surface area contributed by atoms with Gasteiger partial charge in [0.1, 0.15) is 5.83 Å². The molecule has 0 radical (unpaired) electrons. The summed E-state index contributed by atoms with van der Waals surface area (Å²) in [5.74, 6) is 2.78. The molecule has 0 amide bonds. The molecule has 0 rings (SSSR count). The van der Waals surface area contributed by atoms with E-state index >= 15 is 0 Å². The summed E-state index contributed by atoms with van der Waals surface area (Å²) in [6, 6.07) is 0. The summed E-state index contributed by atoms with van der Waals surface area (Å²) in [5.41, 5.74) is 0.814. The van der Waals surface area contributed by atoms with E-state index < -0.39 is 0 Å². The van der Waals surface area contributed by atoms with Crippen LogP contribution in [0.2, 0.25) is 0 Å². The molecule has 0 fully saturated rings. The van der Waals surface area contributed by atoms with Crippen molar-refractivity contribution in [1.82, 2.24) is 0 Å². The lowest BCUT2D eigenvalue weighted by Crippen LogP contribution is -2.11. The fraction of sp³-hybridized carbons (Fsp3) is 0.750. The maximum atomic E-state index is 14.1. The van der Waals surface area contributed by atoms with Gasteiger partial charge in [-0.05, 0) is 56.1 Å². The zero-order chi connectivity index (χ0) is 14.0. The molecule has 0 heterocycles. The van der Waals surface area contributed by atoms with Gasteiger partial charge in [0.25, 0.3) is 0 Å². The number of thioether (sulfide) groups is 1. The molecular formula is C16H29FS. The molecule has 2 heteroatoms. The average molecular weight is 272 g/mol. The van der Waals surface area contributed by atoms with E-state index in [9.17, 15) is 4.39 Å². The van der Waals surface area contributed by atoms with Gasteiger partial charge in [0.05, 0.1) is 0 Å². The van der Waals surface area contributed by atoms with E-state index in [1.165, 1.54) is 24.3 Å². The Kier molecular flexibility index (Phi) is 10.5. The van der Waals surface area contributed by atoms with Crippen LogP contribution < -0.4 is 0 Å². The first-order valence-electron chi connectivity index (χ1n) is 7.07. The van der Waals surface area contributed by atoms with E-state index in [-0.39, 0.29) is 17.7 Å². The van der Waals surface area contributed by atoms with E-state index in [1.807, 2.05) is 31.7 Å². The van der Waals surface area contributed by atoms with Crippen LogP contribution in [0.3, 0.4) is 0 Å². The molecule has 18 heavy (non-hydrogen) atoms. The van der Waals surface area contributed by atoms with Crippen molar-refractivity contribution in [3.8, 4) is 0 Å². The summed E-state index contributed by atoms with van der Waals surface area (Å²) >= 11 is 2.01. The van der Waals surface area contributed by atoms with Crippen molar-refractivity contribution < 1.29 is 4.39 Å². The zero-order valence-corrected chi connectivity index (χ0v) is 13.3. The monoisotopic (exact) mass is 272 g/mol. The van der Waals surface area contributed by atoms with Crippen LogP contribution in [0.15, 0.2) is 24.1 Å². The van der Waals surface area contributed by atoms with E-state index in [2.05, 4.69) is 20.4 Å². The second-order valence-electron chi connectivity index (χ2n) is 5.16. The third kappa shape index (κ3) is 7.25. The predicted molar refractivity (Wildman–Crippen MR) is 83.8 cm³/mol. The fourth-order valence-corrected chi connectivity index (χ4v) is 2.87. The highest BCUT2D eigenvalue weighted by Gasteiger charge is 2.20. The van der Waals surface area contributed by atoms with Crippen LogP contribution in [0.5, 0.6) is 0 Å². The van der Waals surface area contributed by atoms with Crippen LogP contribution in [-0.2, 0) is 0 Å². The Balaban J connectivity index is 4.12. The van der Waals surface area contributed by atoms with Gasteiger partial charge in [-0.2, -0.15) is 11.8 Å². The molecule has 0 spiro atoms. The van der Waals surface area contributed by atoms with Crippen LogP contribution >= 0.6 is 11.8 Å². The Morgan fingerprint density at radius 3 is 2.44 bits per heavy atom. The molecule has 0 bridgehead atoms. The Morgan fingerprint density at radius 2 is 1.94 bits per heavy atom. The second-order valence-corrected chi connectivity index (χ2v) is 6.38. The largest absolute Gasteiger partial charge is 0.212 e. The molecule has 0 aliphatic carbocycles. The molecule has 2 atom stereocenters. The smallest absolute Gasteiger partial charge is 0.102 e. The molecule has 0 aliphatic rings. The van der Waals surface area contributed by atoms with Crippen LogP contribution in [0.1, 0.15) is 53.4 Å². The predicted octanol–water partition coefficient (Wildman–Crippen LogP) is 6.00. The molecule has 0 aromatic heterocycles. The summed E-state index contributed by atoms with van der Waals surface area (Å²) < 4.78 is 14.1. The standard InChI is InChI=1S/C16H29FS/c1-6-11-18-12-9-8-10-15(14(5)7-2)16(17)13(3)4/h7,14-15H,2,6,8-12H2,1,3-5H3. The van der Waals surface area contributed by atoms with Crippen molar-refractivity contribution in [2.24, 2.45) is 11.8 Å². The SMILES string of the molecule is C=CC(C)C(CCCCSCCC)C(F)=C(C)C. The normalized spacial score (nSPS) is 14.1. The molecule has 0 N–H and O–H groups in total. The van der Waals surface area contributed by atoms with Gasteiger partial charge in [-0.15, -0.1) is 6.58 Å². The highest BCUT2D eigenvalue weighted by atomic mass is 32.2. The minimum Gasteiger partial charge on any atom is -0.212 e. The Hall–Kier alpha value is -0.240. The van der Waals surface area contributed by atoms with E-state index in [1.54, 1.807) is 0 Å². The Bertz CT molecular complexity index is 254. The van der Waals surface area contributed by atoms with Gasteiger partial charge >= 0.3 is 0 Å². The molecule has 0 saturated carbocycles. The highest BCUT2D eigenvalue weighted by molar-refractivity contribution is 7.99. The Morgan fingerprint density at radius 1 is 1.28 bits per heavy atom. The first-order valence-corrected chi connectivity index (χ1v) is 8.23. The first-order chi connectivity index (χ1) is 8.54. The van der Waals surface area contributed by atoms with Crippen LogP contribution in [0.4, 0.5) is 4.39 Å². The molecular weight excluding hydrogens is 243 g/mol. The number of unbranched alkanes of at least 4 members (excludes halogenated alkanes) is 1. The molecule has 2 unspecified atom stereocenters. The zero-order valence-electron chi connectivity index (χ0n) is 12.5. The van der Waals surface area contributed by atoms with Crippen LogP contribution in [-0.4, -0.2) is 11.5 Å². The summed E-state index contributed by atoms with van der Waals surface area (Å²) in [7, 11) is 0. The summed E-state index contributed by atoms with van der Waals surface area (Å²) in [4.78, 5) is 0. The van der Waals surface area contributed by atoms with Crippen LogP contribution in [0.25, 0.3) is 0 Å². The topological polar surface area (TPSA) is 0 Å². The second kappa shape index (κ2) is 10.7. The van der Waals surface area contributed by atoms with Gasteiger partial charge in [-0.3, -0.25) is 0 Å². The van der Waals surface area contributed by atoms with Gasteiger partial charge in [0.15, 0.2) is 0 Å². The average Bonchev–Trinajstić information content (AvgIpc) is 2.36. The fourth-order valence-electron chi connectivity index (χ4n) is 1.97. The molecule has 0 aromatic carbocycles. The number of allylic oxidation sites excluding steroid dienone is 3. The lowest BCUT2D eigenvalue weighted by Gasteiger charge is -2.21. The first kappa shape index (κ1) is 17.8. The van der Waals surface area contributed by atoms with Gasteiger partial charge in [-0.1, -0.05) is 26.3 Å². The van der Waals surface area contributed by atoms with Crippen molar-refractivity contribution >= 4 is 11.8 Å². The third-order valence-corrected chi connectivity index (χ3v) is 4.49. The number of rotatable bonds is 10. The van der Waals surface area contributed by atoms with Gasteiger partial charge in [0.2, 0.25) is 0 Å². The Labute approximate surface area is 117 Å². The summed E-state index contributed by atoms with van der Waals surface area (Å²) in [6.07, 6.45) is 6.37. The molecule has 0 aliphatic heterocycles. The number of hydrogen-bond acceptors (Lipinski definition) is 1. The molecule has 0 aromatic rings.